The van der Waals surface area contributed by atoms with E-state index < -0.39 is 10.0 Å². The average molecular weight is 433 g/mol. The number of ether oxygens (including phenoxy) is 2. The van der Waals surface area contributed by atoms with E-state index >= 15 is 0 Å². The van der Waals surface area contributed by atoms with Gasteiger partial charge in [0.05, 0.1) is 24.8 Å². The fraction of sp³-hybridized carbons (Fsp3) is 0.409. The number of carbonyl (C=O) groups is 1. The number of amides is 1. The van der Waals surface area contributed by atoms with Gasteiger partial charge in [0, 0.05) is 19.2 Å². The number of hydrogen-bond donors (Lipinski definition) is 0. The van der Waals surface area contributed by atoms with E-state index in [4.69, 9.17) is 9.47 Å². The number of aryl methyl sites for hydroxylation is 1. The molecular formula is C22H28N2O5S. The van der Waals surface area contributed by atoms with Crippen LogP contribution < -0.4 is 13.8 Å². The molecule has 1 aliphatic heterocycles. The molecule has 1 heterocycles. The molecule has 0 bridgehead atoms. The van der Waals surface area contributed by atoms with Gasteiger partial charge in [-0.1, -0.05) is 17.7 Å². The molecule has 0 aliphatic carbocycles. The number of likely N-dealkylation sites (tertiary alicyclic amines) is 1. The Morgan fingerprint density at radius 3 is 2.27 bits per heavy atom. The molecule has 0 spiro atoms. The van der Waals surface area contributed by atoms with Crippen LogP contribution in [0.3, 0.4) is 0 Å². The Balaban J connectivity index is 2.04. The van der Waals surface area contributed by atoms with Crippen molar-refractivity contribution < 1.29 is 22.7 Å². The molecule has 2 aromatic carbocycles. The molecule has 0 radical (unpaired) electrons. The van der Waals surface area contributed by atoms with E-state index in [-0.39, 0.29) is 17.3 Å². The van der Waals surface area contributed by atoms with Crippen LogP contribution in [0.4, 0.5) is 5.69 Å². The van der Waals surface area contributed by atoms with Crippen molar-refractivity contribution in [3.8, 4) is 11.5 Å². The summed E-state index contributed by atoms with van der Waals surface area (Å²) in [6.07, 6.45) is 2.95. The predicted molar refractivity (Wildman–Crippen MR) is 116 cm³/mol. The number of benzene rings is 2. The maximum absolute atomic E-state index is 13.6. The van der Waals surface area contributed by atoms with E-state index in [0.717, 1.165) is 29.1 Å². The van der Waals surface area contributed by atoms with Crippen molar-refractivity contribution in [3.05, 3.63) is 48.0 Å². The minimum absolute atomic E-state index is 0.123. The number of anilines is 1. The quantitative estimate of drug-likeness (QED) is 0.672. The second-order valence-electron chi connectivity index (χ2n) is 7.30. The van der Waals surface area contributed by atoms with Crippen molar-refractivity contribution in [1.82, 2.24) is 4.90 Å². The van der Waals surface area contributed by atoms with Gasteiger partial charge in [-0.15, -0.1) is 0 Å². The summed E-state index contributed by atoms with van der Waals surface area (Å²) >= 11 is 0. The lowest BCUT2D eigenvalue weighted by Crippen LogP contribution is -2.45. The molecule has 0 atom stereocenters. The second kappa shape index (κ2) is 9.38. The van der Waals surface area contributed by atoms with Crippen molar-refractivity contribution in [1.29, 1.82) is 0 Å². The van der Waals surface area contributed by atoms with Crippen molar-refractivity contribution in [2.75, 3.05) is 38.2 Å². The van der Waals surface area contributed by atoms with Crippen LogP contribution in [-0.2, 0) is 14.8 Å². The molecule has 3 rings (SSSR count). The van der Waals surface area contributed by atoms with E-state index in [1.807, 2.05) is 6.92 Å². The highest BCUT2D eigenvalue weighted by molar-refractivity contribution is 7.92. The van der Waals surface area contributed by atoms with Gasteiger partial charge in [0.25, 0.3) is 10.0 Å². The highest BCUT2D eigenvalue weighted by Gasteiger charge is 2.31. The zero-order valence-corrected chi connectivity index (χ0v) is 18.4. The second-order valence-corrected chi connectivity index (χ2v) is 9.17. The lowest BCUT2D eigenvalue weighted by Gasteiger charge is -2.31. The number of rotatable bonds is 7. The van der Waals surface area contributed by atoms with Gasteiger partial charge in [0.1, 0.15) is 18.0 Å². The Labute approximate surface area is 178 Å². The van der Waals surface area contributed by atoms with E-state index in [2.05, 4.69) is 0 Å². The molecule has 1 amide bonds. The molecule has 162 valence electrons. The van der Waals surface area contributed by atoms with Crippen molar-refractivity contribution in [2.24, 2.45) is 0 Å². The first-order valence-corrected chi connectivity index (χ1v) is 11.4. The topological polar surface area (TPSA) is 76.2 Å². The maximum atomic E-state index is 13.6. The third kappa shape index (κ3) is 4.70. The summed E-state index contributed by atoms with van der Waals surface area (Å²) in [5.74, 6) is 0.630. The van der Waals surface area contributed by atoms with E-state index in [1.165, 1.54) is 14.2 Å². The minimum Gasteiger partial charge on any atom is -0.497 e. The summed E-state index contributed by atoms with van der Waals surface area (Å²) in [6.45, 7) is 2.90. The highest BCUT2D eigenvalue weighted by Crippen LogP contribution is 2.35. The predicted octanol–water partition coefficient (Wildman–Crippen LogP) is 3.22. The standard InChI is InChI=1S/C22H28N2O5S/c1-17-7-10-19(11-8-17)30(26,27)24(16-22(25)23-13-5-4-6-14-23)20-12-9-18(28-2)15-21(20)29-3/h7-12,15H,4-6,13-14,16H2,1-3H3. The third-order valence-electron chi connectivity index (χ3n) is 5.25. The van der Waals surface area contributed by atoms with Crippen LogP contribution in [-0.4, -0.2) is 53.1 Å². The Kier molecular flexibility index (Phi) is 6.87. The molecule has 0 saturated carbocycles. The monoisotopic (exact) mass is 432 g/mol. The molecule has 7 nitrogen and oxygen atoms in total. The van der Waals surface area contributed by atoms with Gasteiger partial charge >= 0.3 is 0 Å². The lowest BCUT2D eigenvalue weighted by molar-refractivity contribution is -0.130. The number of hydrogen-bond acceptors (Lipinski definition) is 5. The van der Waals surface area contributed by atoms with Crippen LogP contribution in [0.2, 0.25) is 0 Å². The molecule has 1 aliphatic rings. The number of nitrogens with zero attached hydrogens (tertiary/aromatic N) is 2. The van der Waals surface area contributed by atoms with Crippen LogP contribution in [0.15, 0.2) is 47.4 Å². The zero-order chi connectivity index (χ0) is 21.7. The normalized spacial score (nSPS) is 14.3. The Hall–Kier alpha value is -2.74. The van der Waals surface area contributed by atoms with Gasteiger partial charge in [-0.05, 0) is 50.5 Å². The minimum atomic E-state index is -3.99. The molecule has 8 heteroatoms. The smallest absolute Gasteiger partial charge is 0.264 e. The van der Waals surface area contributed by atoms with Gasteiger partial charge in [0.2, 0.25) is 5.91 Å². The van der Waals surface area contributed by atoms with Crippen molar-refractivity contribution >= 4 is 21.6 Å². The molecule has 1 saturated heterocycles. The summed E-state index contributed by atoms with van der Waals surface area (Å²) in [5, 5.41) is 0. The first-order valence-electron chi connectivity index (χ1n) is 9.96. The summed E-state index contributed by atoms with van der Waals surface area (Å²) in [4.78, 5) is 14.8. The maximum Gasteiger partial charge on any atom is 0.264 e. The van der Waals surface area contributed by atoms with Crippen LogP contribution in [0.1, 0.15) is 24.8 Å². The molecule has 2 aromatic rings. The number of methoxy groups -OCH3 is 2. The van der Waals surface area contributed by atoms with Crippen molar-refractivity contribution in [3.63, 3.8) is 0 Å². The summed E-state index contributed by atoms with van der Waals surface area (Å²) < 4.78 is 38.9. The van der Waals surface area contributed by atoms with Gasteiger partial charge < -0.3 is 14.4 Å². The molecule has 0 N–H and O–H groups in total. The van der Waals surface area contributed by atoms with Crippen LogP contribution in [0, 0.1) is 6.92 Å². The highest BCUT2D eigenvalue weighted by atomic mass is 32.2. The molecular weight excluding hydrogens is 404 g/mol. The largest absolute Gasteiger partial charge is 0.497 e. The van der Waals surface area contributed by atoms with Crippen LogP contribution in [0.25, 0.3) is 0 Å². The lowest BCUT2D eigenvalue weighted by atomic mass is 10.1. The van der Waals surface area contributed by atoms with Gasteiger partial charge in [-0.25, -0.2) is 8.42 Å². The zero-order valence-electron chi connectivity index (χ0n) is 17.6. The van der Waals surface area contributed by atoms with Gasteiger partial charge in [0.15, 0.2) is 0 Å². The van der Waals surface area contributed by atoms with E-state index in [0.29, 0.717) is 30.3 Å². The third-order valence-corrected chi connectivity index (χ3v) is 7.03. The van der Waals surface area contributed by atoms with E-state index in [9.17, 15) is 13.2 Å². The SMILES string of the molecule is COc1ccc(N(CC(=O)N2CCCCC2)S(=O)(=O)c2ccc(C)cc2)c(OC)c1. The summed E-state index contributed by atoms with van der Waals surface area (Å²) in [5.41, 5.74) is 1.25. The fourth-order valence-corrected chi connectivity index (χ4v) is 4.92. The molecule has 30 heavy (non-hydrogen) atoms. The first-order chi connectivity index (χ1) is 14.4. The fourth-order valence-electron chi connectivity index (χ4n) is 3.49. The molecule has 0 aromatic heterocycles. The Morgan fingerprint density at radius 2 is 1.67 bits per heavy atom. The van der Waals surface area contributed by atoms with Crippen LogP contribution in [0.5, 0.6) is 11.5 Å². The summed E-state index contributed by atoms with van der Waals surface area (Å²) in [6, 6.07) is 11.5. The molecule has 0 unspecified atom stereocenters. The number of sulfonamides is 1. The Bertz CT molecular complexity index is 983. The van der Waals surface area contributed by atoms with Crippen LogP contribution >= 0.6 is 0 Å². The first kappa shape index (κ1) is 22.0. The van der Waals surface area contributed by atoms with Crippen molar-refractivity contribution in [2.45, 2.75) is 31.1 Å². The van der Waals surface area contributed by atoms with Gasteiger partial charge in [-0.3, -0.25) is 9.10 Å². The average Bonchev–Trinajstić information content (AvgIpc) is 2.77. The number of carbonyl (C=O) groups excluding carboxylic acids is 1. The number of piperidine rings is 1. The molecule has 1 fully saturated rings. The summed E-state index contributed by atoms with van der Waals surface area (Å²) in [7, 11) is -1.01. The van der Waals surface area contributed by atoms with Gasteiger partial charge in [-0.2, -0.15) is 0 Å². The Morgan fingerprint density at radius 1 is 1.00 bits per heavy atom. The van der Waals surface area contributed by atoms with E-state index in [1.54, 1.807) is 47.4 Å².